The number of aromatic nitrogens is 2. The second kappa shape index (κ2) is 8.25. The highest BCUT2D eigenvalue weighted by Gasteiger charge is 2.20. The fourth-order valence-electron chi connectivity index (χ4n) is 2.47. The van der Waals surface area contributed by atoms with Crippen molar-refractivity contribution >= 4 is 46.3 Å². The van der Waals surface area contributed by atoms with Gasteiger partial charge < -0.3 is 5.32 Å². The molecule has 3 rings (SSSR count). The quantitative estimate of drug-likeness (QED) is 0.452. The molecule has 0 saturated heterocycles. The van der Waals surface area contributed by atoms with Crippen molar-refractivity contribution in [3.63, 3.8) is 0 Å². The number of non-ortho nitro benzene ring substituents is 2. The number of hydrogen-bond donors (Lipinski definition) is 1. The lowest BCUT2D eigenvalue weighted by Crippen LogP contribution is -2.13. The first-order valence-electron chi connectivity index (χ1n) is 7.95. The molecule has 0 fully saturated rings. The maximum Gasteiger partial charge on any atom is 0.277 e. The molecule has 0 bridgehead atoms. The molecule has 0 spiro atoms. The summed E-state index contributed by atoms with van der Waals surface area (Å²) in [5.41, 5.74) is -0.605. The zero-order chi connectivity index (χ0) is 21.1. The van der Waals surface area contributed by atoms with Crippen LogP contribution < -0.4 is 5.32 Å². The van der Waals surface area contributed by atoms with Crippen LogP contribution in [0.15, 0.2) is 48.7 Å². The van der Waals surface area contributed by atoms with Crippen LogP contribution in [0.4, 0.5) is 17.2 Å². The summed E-state index contributed by atoms with van der Waals surface area (Å²) < 4.78 is 1.51. The maximum absolute atomic E-state index is 12.4. The number of amides is 1. The number of benzene rings is 2. The summed E-state index contributed by atoms with van der Waals surface area (Å²) in [7, 11) is 0. The van der Waals surface area contributed by atoms with Gasteiger partial charge in [0.15, 0.2) is 5.82 Å². The lowest BCUT2D eigenvalue weighted by Gasteiger charge is -2.05. The highest BCUT2D eigenvalue weighted by molar-refractivity contribution is 6.35. The number of nitro groups is 2. The molecule has 0 aliphatic carbocycles. The number of rotatable bonds is 6. The van der Waals surface area contributed by atoms with Crippen LogP contribution in [0.25, 0.3) is 0 Å². The van der Waals surface area contributed by atoms with E-state index in [1.165, 1.54) is 10.7 Å². The lowest BCUT2D eigenvalue weighted by atomic mass is 10.1. The van der Waals surface area contributed by atoms with Gasteiger partial charge in [-0.1, -0.05) is 29.3 Å². The van der Waals surface area contributed by atoms with Crippen molar-refractivity contribution in [2.24, 2.45) is 0 Å². The van der Waals surface area contributed by atoms with Gasteiger partial charge in [0, 0.05) is 34.4 Å². The molecule has 1 heterocycles. The number of nitrogens with zero attached hydrogens (tertiary/aromatic N) is 4. The molecule has 29 heavy (non-hydrogen) atoms. The first-order chi connectivity index (χ1) is 13.7. The Balaban J connectivity index is 1.78. The van der Waals surface area contributed by atoms with Crippen molar-refractivity contribution in [1.82, 2.24) is 9.78 Å². The zero-order valence-corrected chi connectivity index (χ0v) is 15.9. The molecule has 0 atom stereocenters. The van der Waals surface area contributed by atoms with Crippen molar-refractivity contribution in [2.45, 2.75) is 6.54 Å². The van der Waals surface area contributed by atoms with Crippen LogP contribution >= 0.6 is 23.2 Å². The van der Waals surface area contributed by atoms with E-state index in [9.17, 15) is 25.0 Å². The van der Waals surface area contributed by atoms with E-state index in [4.69, 9.17) is 23.2 Å². The fourth-order valence-corrected chi connectivity index (χ4v) is 2.93. The van der Waals surface area contributed by atoms with Crippen LogP contribution in [-0.4, -0.2) is 25.5 Å². The minimum Gasteiger partial charge on any atom is -0.305 e. The summed E-state index contributed by atoms with van der Waals surface area (Å²) in [6.07, 6.45) is 1.59. The molecule has 2 aromatic carbocycles. The number of anilines is 1. The SMILES string of the molecule is O=C(Nc1ccn(Cc2ccc(Cl)cc2Cl)n1)c1cc([N+](=O)[O-])cc([N+](=O)[O-])c1. The van der Waals surface area contributed by atoms with Gasteiger partial charge in [-0.3, -0.25) is 29.7 Å². The average Bonchev–Trinajstić information content (AvgIpc) is 3.10. The molecule has 12 heteroatoms. The number of halogens is 2. The number of nitro benzene ring substituents is 2. The van der Waals surface area contributed by atoms with Gasteiger partial charge in [-0.05, 0) is 17.7 Å². The summed E-state index contributed by atoms with van der Waals surface area (Å²) >= 11 is 12.0. The monoisotopic (exact) mass is 435 g/mol. The molecular formula is C17H11Cl2N5O5. The highest BCUT2D eigenvalue weighted by Crippen LogP contribution is 2.24. The fraction of sp³-hybridized carbons (Fsp3) is 0.0588. The summed E-state index contributed by atoms with van der Waals surface area (Å²) in [5, 5.41) is 29.5. The molecule has 0 aliphatic heterocycles. The van der Waals surface area contributed by atoms with E-state index in [1.807, 2.05) is 0 Å². The third-order valence-corrected chi connectivity index (χ3v) is 4.40. The third kappa shape index (κ3) is 4.86. The molecule has 3 aromatic rings. The number of nitrogens with one attached hydrogen (secondary N) is 1. The molecule has 1 aromatic heterocycles. The summed E-state index contributed by atoms with van der Waals surface area (Å²) in [6.45, 7) is 0.314. The molecule has 1 amide bonds. The number of carbonyl (C=O) groups is 1. The molecule has 0 saturated carbocycles. The van der Waals surface area contributed by atoms with E-state index in [0.29, 0.717) is 16.6 Å². The molecule has 10 nitrogen and oxygen atoms in total. The van der Waals surface area contributed by atoms with Gasteiger partial charge in [0.2, 0.25) is 0 Å². The topological polar surface area (TPSA) is 133 Å². The smallest absolute Gasteiger partial charge is 0.277 e. The van der Waals surface area contributed by atoms with Gasteiger partial charge in [-0.15, -0.1) is 0 Å². The van der Waals surface area contributed by atoms with Gasteiger partial charge in [-0.25, -0.2) is 0 Å². The predicted molar refractivity (Wildman–Crippen MR) is 105 cm³/mol. The maximum atomic E-state index is 12.4. The highest BCUT2D eigenvalue weighted by atomic mass is 35.5. The van der Waals surface area contributed by atoms with E-state index < -0.39 is 27.1 Å². The van der Waals surface area contributed by atoms with E-state index in [-0.39, 0.29) is 11.4 Å². The summed E-state index contributed by atoms with van der Waals surface area (Å²) in [4.78, 5) is 32.7. The largest absolute Gasteiger partial charge is 0.305 e. The van der Waals surface area contributed by atoms with Gasteiger partial charge in [-0.2, -0.15) is 5.10 Å². The van der Waals surface area contributed by atoms with Gasteiger partial charge in [0.05, 0.1) is 28.0 Å². The van der Waals surface area contributed by atoms with Crippen molar-refractivity contribution in [2.75, 3.05) is 5.32 Å². The Morgan fingerprint density at radius 3 is 2.28 bits per heavy atom. The third-order valence-electron chi connectivity index (χ3n) is 3.82. The Bertz CT molecular complexity index is 1100. The standard InChI is InChI=1S/C17H11Cl2N5O5/c18-12-2-1-10(15(19)7-12)9-22-4-3-16(21-22)20-17(25)11-5-13(23(26)27)8-14(6-11)24(28)29/h1-8H,9H2,(H,20,21,25). The molecular weight excluding hydrogens is 425 g/mol. The number of carbonyl (C=O) groups excluding carboxylic acids is 1. The first kappa shape index (κ1) is 20.2. The first-order valence-corrected chi connectivity index (χ1v) is 8.71. The summed E-state index contributed by atoms with van der Waals surface area (Å²) in [6, 6.07) is 9.21. The van der Waals surface area contributed by atoms with E-state index in [2.05, 4.69) is 10.4 Å². The van der Waals surface area contributed by atoms with Crippen molar-refractivity contribution in [3.05, 3.63) is 90.1 Å². The van der Waals surface area contributed by atoms with Crippen LogP contribution in [0.5, 0.6) is 0 Å². The van der Waals surface area contributed by atoms with Crippen molar-refractivity contribution < 1.29 is 14.6 Å². The van der Waals surface area contributed by atoms with Crippen LogP contribution in [0.2, 0.25) is 10.0 Å². The number of hydrogen-bond acceptors (Lipinski definition) is 6. The minimum atomic E-state index is -0.811. The Hall–Kier alpha value is -3.50. The second-order valence-corrected chi connectivity index (χ2v) is 6.68. The Labute approximate surface area is 173 Å². The summed E-state index contributed by atoms with van der Waals surface area (Å²) in [5.74, 6) is -0.610. The molecule has 0 aliphatic rings. The van der Waals surface area contributed by atoms with Crippen LogP contribution in [0, 0.1) is 20.2 Å². The molecule has 1 N–H and O–H groups in total. The van der Waals surface area contributed by atoms with E-state index in [1.54, 1.807) is 24.4 Å². The second-order valence-electron chi connectivity index (χ2n) is 5.84. The van der Waals surface area contributed by atoms with Crippen LogP contribution in [0.3, 0.4) is 0 Å². The minimum absolute atomic E-state index is 0.161. The van der Waals surface area contributed by atoms with E-state index in [0.717, 1.165) is 23.8 Å². The molecule has 0 unspecified atom stereocenters. The Morgan fingerprint density at radius 2 is 1.69 bits per heavy atom. The predicted octanol–water partition coefficient (Wildman–Crippen LogP) is 4.31. The van der Waals surface area contributed by atoms with Crippen molar-refractivity contribution in [1.29, 1.82) is 0 Å². The van der Waals surface area contributed by atoms with Gasteiger partial charge in [0.1, 0.15) is 0 Å². The molecule has 0 radical (unpaired) electrons. The van der Waals surface area contributed by atoms with Gasteiger partial charge in [0.25, 0.3) is 17.3 Å². The van der Waals surface area contributed by atoms with Gasteiger partial charge >= 0.3 is 0 Å². The van der Waals surface area contributed by atoms with E-state index >= 15 is 0 Å². The van der Waals surface area contributed by atoms with Crippen molar-refractivity contribution in [3.8, 4) is 0 Å². The zero-order valence-electron chi connectivity index (χ0n) is 14.4. The lowest BCUT2D eigenvalue weighted by molar-refractivity contribution is -0.394. The molecule has 148 valence electrons. The Kier molecular flexibility index (Phi) is 5.76. The normalized spacial score (nSPS) is 10.6. The Morgan fingerprint density at radius 1 is 1.03 bits per heavy atom. The average molecular weight is 436 g/mol. The van der Waals surface area contributed by atoms with Crippen LogP contribution in [0.1, 0.15) is 15.9 Å². The van der Waals surface area contributed by atoms with Crippen LogP contribution in [-0.2, 0) is 6.54 Å².